The van der Waals surface area contributed by atoms with Gasteiger partial charge in [-0.25, -0.2) is 9.97 Å². The van der Waals surface area contributed by atoms with Crippen LogP contribution in [0.25, 0.3) is 27.4 Å². The average Bonchev–Trinajstić information content (AvgIpc) is 3.21. The molecule has 0 aliphatic carbocycles. The van der Waals surface area contributed by atoms with Crippen molar-refractivity contribution in [1.29, 1.82) is 0 Å². The Kier molecular flexibility index (Phi) is 3.80. The molecule has 24 heavy (non-hydrogen) atoms. The first-order valence-electron chi connectivity index (χ1n) is 7.44. The smallest absolute Gasteiger partial charge is 0.244 e. The van der Waals surface area contributed by atoms with Crippen molar-refractivity contribution in [1.82, 2.24) is 15.3 Å². The van der Waals surface area contributed by atoms with Gasteiger partial charge in [-0.2, -0.15) is 0 Å². The van der Waals surface area contributed by atoms with Crippen LogP contribution in [0.4, 0.5) is 0 Å². The van der Waals surface area contributed by atoms with E-state index in [4.69, 9.17) is 4.42 Å². The van der Waals surface area contributed by atoms with Crippen LogP contribution in [0.5, 0.6) is 0 Å². The lowest BCUT2D eigenvalue weighted by molar-refractivity contribution is -0.116. The Morgan fingerprint density at radius 1 is 1.08 bits per heavy atom. The minimum absolute atomic E-state index is 0.212. The molecule has 2 heterocycles. The van der Waals surface area contributed by atoms with E-state index in [1.54, 1.807) is 17.4 Å². The third-order valence-corrected chi connectivity index (χ3v) is 4.48. The van der Waals surface area contributed by atoms with E-state index in [1.165, 1.54) is 6.08 Å². The molecule has 0 radical (unpaired) electrons. The second kappa shape index (κ2) is 6.25. The molecular formula is C18H13N3O2S. The van der Waals surface area contributed by atoms with Gasteiger partial charge in [0, 0.05) is 12.2 Å². The van der Waals surface area contributed by atoms with Crippen LogP contribution < -0.4 is 5.32 Å². The Bertz CT molecular complexity index is 982. The van der Waals surface area contributed by atoms with Gasteiger partial charge >= 0.3 is 0 Å². The third-order valence-electron chi connectivity index (χ3n) is 3.44. The van der Waals surface area contributed by atoms with E-state index < -0.39 is 0 Å². The Morgan fingerprint density at radius 2 is 1.88 bits per heavy atom. The molecule has 0 spiro atoms. The van der Waals surface area contributed by atoms with Gasteiger partial charge in [0.05, 0.1) is 16.8 Å². The highest BCUT2D eigenvalue weighted by atomic mass is 32.1. The molecular weight excluding hydrogens is 322 g/mol. The van der Waals surface area contributed by atoms with E-state index in [-0.39, 0.29) is 5.91 Å². The van der Waals surface area contributed by atoms with Gasteiger partial charge in [-0.15, -0.1) is 11.3 Å². The molecule has 4 rings (SSSR count). The van der Waals surface area contributed by atoms with Crippen LogP contribution in [0.2, 0.25) is 0 Å². The average molecular weight is 335 g/mol. The Hall–Kier alpha value is -2.99. The highest BCUT2D eigenvalue weighted by Crippen LogP contribution is 2.21. The number of carbonyl (C=O) groups excluding carboxylic acids is 1. The number of thiazole rings is 1. The molecule has 2 aromatic heterocycles. The van der Waals surface area contributed by atoms with Gasteiger partial charge in [0.2, 0.25) is 11.8 Å². The number of carbonyl (C=O) groups is 1. The number of hydrogen-bond acceptors (Lipinski definition) is 5. The molecule has 0 saturated heterocycles. The highest BCUT2D eigenvalue weighted by Gasteiger charge is 2.05. The van der Waals surface area contributed by atoms with Gasteiger partial charge in [-0.05, 0) is 24.3 Å². The zero-order valence-corrected chi connectivity index (χ0v) is 13.4. The van der Waals surface area contributed by atoms with E-state index >= 15 is 0 Å². The van der Waals surface area contributed by atoms with Crippen LogP contribution >= 0.6 is 11.3 Å². The zero-order chi connectivity index (χ0) is 16.4. The first-order chi connectivity index (χ1) is 11.8. The van der Waals surface area contributed by atoms with E-state index in [0.717, 1.165) is 20.7 Å². The maximum Gasteiger partial charge on any atom is 0.244 e. The van der Waals surface area contributed by atoms with Crippen molar-refractivity contribution in [3.63, 3.8) is 0 Å². The van der Waals surface area contributed by atoms with Crippen molar-refractivity contribution in [2.24, 2.45) is 0 Å². The van der Waals surface area contributed by atoms with Crippen LogP contribution in [0, 0.1) is 0 Å². The molecule has 118 valence electrons. The summed E-state index contributed by atoms with van der Waals surface area (Å²) in [6, 6.07) is 15.4. The Balaban J connectivity index is 1.40. The molecule has 0 bridgehead atoms. The van der Waals surface area contributed by atoms with Crippen molar-refractivity contribution in [3.05, 3.63) is 65.5 Å². The summed E-state index contributed by atoms with van der Waals surface area (Å²) in [4.78, 5) is 20.7. The van der Waals surface area contributed by atoms with Crippen molar-refractivity contribution in [2.45, 2.75) is 6.54 Å². The van der Waals surface area contributed by atoms with E-state index in [1.807, 2.05) is 48.5 Å². The molecule has 5 nitrogen and oxygen atoms in total. The maximum absolute atomic E-state index is 11.9. The minimum atomic E-state index is -0.212. The molecule has 0 unspecified atom stereocenters. The number of aromatic nitrogens is 2. The van der Waals surface area contributed by atoms with Gasteiger partial charge in [0.15, 0.2) is 5.58 Å². The van der Waals surface area contributed by atoms with Gasteiger partial charge in [-0.1, -0.05) is 24.3 Å². The summed E-state index contributed by atoms with van der Waals surface area (Å²) < 4.78 is 6.65. The summed E-state index contributed by atoms with van der Waals surface area (Å²) >= 11 is 1.58. The summed E-state index contributed by atoms with van der Waals surface area (Å²) in [5.74, 6) is 0.197. The number of amides is 1. The summed E-state index contributed by atoms with van der Waals surface area (Å²) in [6.45, 7) is 0.399. The predicted molar refractivity (Wildman–Crippen MR) is 94.5 cm³/mol. The largest absolute Gasteiger partial charge is 0.437 e. The first-order valence-corrected chi connectivity index (χ1v) is 8.25. The lowest BCUT2D eigenvalue weighted by atomic mass is 10.3. The summed E-state index contributed by atoms with van der Waals surface area (Å²) in [5, 5.41) is 3.69. The number of nitrogens with zero attached hydrogens (tertiary/aromatic N) is 2. The number of fused-ring (bicyclic) bond motifs is 2. The zero-order valence-electron chi connectivity index (χ0n) is 12.6. The molecule has 0 aliphatic heterocycles. The second-order valence-corrected chi connectivity index (χ2v) is 6.26. The molecule has 0 atom stereocenters. The molecule has 6 heteroatoms. The SMILES string of the molecule is O=C(/C=C\c1nc2ccccc2o1)NCc1nc2ccccc2s1. The number of oxazole rings is 1. The van der Waals surface area contributed by atoms with Crippen LogP contribution in [0.1, 0.15) is 10.9 Å². The fourth-order valence-electron chi connectivity index (χ4n) is 2.33. The molecule has 4 aromatic rings. The molecule has 0 saturated carbocycles. The minimum Gasteiger partial charge on any atom is -0.437 e. The number of para-hydroxylation sites is 3. The quantitative estimate of drug-likeness (QED) is 0.577. The van der Waals surface area contributed by atoms with Crippen LogP contribution in [-0.2, 0) is 11.3 Å². The van der Waals surface area contributed by atoms with Crippen LogP contribution in [0.3, 0.4) is 0 Å². The molecule has 0 aliphatic rings. The summed E-state index contributed by atoms with van der Waals surface area (Å²) in [6.07, 6.45) is 2.98. The first kappa shape index (κ1) is 14.6. The second-order valence-electron chi connectivity index (χ2n) is 5.15. The van der Waals surface area contributed by atoms with Gasteiger partial charge in [0.25, 0.3) is 0 Å². The number of benzene rings is 2. The maximum atomic E-state index is 11.9. The Labute approximate surface area is 141 Å². The lowest BCUT2D eigenvalue weighted by Gasteiger charge is -1.97. The van der Waals surface area contributed by atoms with Gasteiger partial charge in [0.1, 0.15) is 10.5 Å². The van der Waals surface area contributed by atoms with Crippen molar-refractivity contribution in [3.8, 4) is 0 Å². The standard InChI is InChI=1S/C18H13N3O2S/c22-16(9-10-17-20-12-5-1-3-7-14(12)23-17)19-11-18-21-13-6-2-4-8-15(13)24-18/h1-10H,11H2,(H,19,22)/b10-9-. The van der Waals surface area contributed by atoms with Crippen molar-refractivity contribution >= 4 is 44.6 Å². The van der Waals surface area contributed by atoms with E-state index in [0.29, 0.717) is 18.0 Å². The Morgan fingerprint density at radius 3 is 2.71 bits per heavy atom. The van der Waals surface area contributed by atoms with E-state index in [2.05, 4.69) is 15.3 Å². The van der Waals surface area contributed by atoms with Crippen LogP contribution in [-0.4, -0.2) is 15.9 Å². The van der Waals surface area contributed by atoms with E-state index in [9.17, 15) is 4.79 Å². The van der Waals surface area contributed by atoms with Gasteiger partial charge in [-0.3, -0.25) is 4.79 Å². The lowest BCUT2D eigenvalue weighted by Crippen LogP contribution is -2.20. The van der Waals surface area contributed by atoms with Crippen molar-refractivity contribution < 1.29 is 9.21 Å². The number of nitrogens with one attached hydrogen (secondary N) is 1. The van der Waals surface area contributed by atoms with Crippen molar-refractivity contribution in [2.75, 3.05) is 0 Å². The molecule has 0 fully saturated rings. The van der Waals surface area contributed by atoms with Crippen LogP contribution in [0.15, 0.2) is 59.0 Å². The highest BCUT2D eigenvalue weighted by molar-refractivity contribution is 7.18. The normalized spacial score (nSPS) is 11.5. The molecule has 1 amide bonds. The predicted octanol–water partition coefficient (Wildman–Crippen LogP) is 3.77. The monoisotopic (exact) mass is 335 g/mol. The topological polar surface area (TPSA) is 68.0 Å². The van der Waals surface area contributed by atoms with Gasteiger partial charge < -0.3 is 9.73 Å². The molecule has 2 aromatic carbocycles. The number of rotatable bonds is 4. The third kappa shape index (κ3) is 3.04. The molecule has 1 N–H and O–H groups in total. The fraction of sp³-hybridized carbons (Fsp3) is 0.0556. The summed E-state index contributed by atoms with van der Waals surface area (Å²) in [7, 11) is 0. The number of hydrogen-bond donors (Lipinski definition) is 1. The summed E-state index contributed by atoms with van der Waals surface area (Å²) in [5.41, 5.74) is 2.42. The fourth-order valence-corrected chi connectivity index (χ4v) is 3.23.